The number of carbonyl (C=O) groups is 3. The van der Waals surface area contributed by atoms with E-state index in [0.717, 1.165) is 24.1 Å². The third-order valence-electron chi connectivity index (χ3n) is 5.80. The average Bonchev–Trinajstić information content (AvgIpc) is 3.02. The highest BCUT2D eigenvalue weighted by Gasteiger charge is 2.35. The predicted octanol–water partition coefficient (Wildman–Crippen LogP) is 1.67. The van der Waals surface area contributed by atoms with E-state index in [-0.39, 0.29) is 24.3 Å². The van der Waals surface area contributed by atoms with Crippen LogP contribution in [0.3, 0.4) is 0 Å². The molecule has 0 aromatic heterocycles. The van der Waals surface area contributed by atoms with E-state index in [9.17, 15) is 14.4 Å². The molecule has 31 heavy (non-hydrogen) atoms. The fourth-order valence-electron chi connectivity index (χ4n) is 3.79. The number of nitrogens with zero attached hydrogens (tertiary/aromatic N) is 3. The van der Waals surface area contributed by atoms with Gasteiger partial charge in [0.05, 0.1) is 12.3 Å². The minimum absolute atomic E-state index is 0.0501. The van der Waals surface area contributed by atoms with Gasteiger partial charge >= 0.3 is 0 Å². The number of aliphatic imine (C=N–C) groups is 1. The summed E-state index contributed by atoms with van der Waals surface area (Å²) in [6, 6.07) is 4.82. The summed E-state index contributed by atoms with van der Waals surface area (Å²) in [6.07, 6.45) is 3.18. The van der Waals surface area contributed by atoms with E-state index in [4.69, 9.17) is 10.5 Å². The molecule has 3 rings (SSSR count). The number of unbranched alkanes of at least 4 members (excludes halogenated alkanes) is 1. The van der Waals surface area contributed by atoms with Crippen LogP contribution in [0.15, 0.2) is 23.2 Å². The van der Waals surface area contributed by atoms with Crippen LogP contribution in [0.1, 0.15) is 51.5 Å². The molecule has 0 saturated carbocycles. The van der Waals surface area contributed by atoms with Crippen molar-refractivity contribution in [2.24, 2.45) is 10.7 Å². The molecule has 1 aromatic rings. The third kappa shape index (κ3) is 5.15. The van der Waals surface area contributed by atoms with Gasteiger partial charge in [-0.1, -0.05) is 19.8 Å². The molecule has 1 saturated heterocycles. The summed E-state index contributed by atoms with van der Waals surface area (Å²) in [5.74, 6) is 0.656. The first-order valence-electron chi connectivity index (χ1n) is 10.8. The number of fused-ring (bicyclic) bond motifs is 2. The zero-order chi connectivity index (χ0) is 22.5. The van der Waals surface area contributed by atoms with Gasteiger partial charge in [0.2, 0.25) is 23.7 Å². The molecule has 2 aliphatic heterocycles. The number of hydrogen-bond donors (Lipinski definition) is 2. The summed E-state index contributed by atoms with van der Waals surface area (Å²) in [5, 5.41) is 2.79. The van der Waals surface area contributed by atoms with Gasteiger partial charge in [-0.05, 0) is 38.0 Å². The van der Waals surface area contributed by atoms with E-state index in [1.807, 2.05) is 36.9 Å². The number of hydrogen-bond acceptors (Lipinski definition) is 6. The van der Waals surface area contributed by atoms with E-state index in [0.29, 0.717) is 37.7 Å². The Balaban J connectivity index is 1.49. The lowest BCUT2D eigenvalue weighted by molar-refractivity contribution is -0.138. The summed E-state index contributed by atoms with van der Waals surface area (Å²) >= 11 is 0. The molecule has 2 atom stereocenters. The lowest BCUT2D eigenvalue weighted by Gasteiger charge is -2.26. The molecule has 0 radical (unpaired) electrons. The first kappa shape index (κ1) is 22.6. The topological polar surface area (TPSA) is 117 Å². The smallest absolute Gasteiger partial charge is 0.249 e. The van der Waals surface area contributed by atoms with Crippen LogP contribution in [0, 0.1) is 0 Å². The second-order valence-corrected chi connectivity index (χ2v) is 8.04. The van der Waals surface area contributed by atoms with Crippen LogP contribution in [0.2, 0.25) is 0 Å². The summed E-state index contributed by atoms with van der Waals surface area (Å²) in [5.41, 5.74) is 7.26. The highest BCUT2D eigenvalue weighted by Crippen LogP contribution is 2.31. The van der Waals surface area contributed by atoms with Crippen LogP contribution in [-0.4, -0.2) is 59.2 Å². The molecule has 3 N–H and O–H groups in total. The Morgan fingerprint density at radius 3 is 2.87 bits per heavy atom. The van der Waals surface area contributed by atoms with Gasteiger partial charge in [0.15, 0.2) is 0 Å². The van der Waals surface area contributed by atoms with Crippen molar-refractivity contribution in [1.82, 2.24) is 15.1 Å². The molecule has 2 heterocycles. The van der Waals surface area contributed by atoms with Gasteiger partial charge in [-0.2, -0.15) is 0 Å². The molecule has 2 unspecified atom stereocenters. The fraction of sp³-hybridized carbons (Fsp3) is 0.545. The van der Waals surface area contributed by atoms with Crippen LogP contribution in [0.4, 0.5) is 5.69 Å². The second-order valence-electron chi connectivity index (χ2n) is 8.04. The Hall–Kier alpha value is -3.10. The molecule has 3 amide bonds. The van der Waals surface area contributed by atoms with Crippen molar-refractivity contribution in [3.63, 3.8) is 0 Å². The van der Waals surface area contributed by atoms with E-state index in [1.165, 1.54) is 4.90 Å². The molecule has 0 aliphatic carbocycles. The number of nitrogens with two attached hydrogens (primary N) is 1. The van der Waals surface area contributed by atoms with Gasteiger partial charge in [-0.25, -0.2) is 4.99 Å². The van der Waals surface area contributed by atoms with Crippen molar-refractivity contribution < 1.29 is 19.1 Å². The monoisotopic (exact) mass is 429 g/mol. The second kappa shape index (κ2) is 9.80. The Morgan fingerprint density at radius 2 is 2.16 bits per heavy atom. The van der Waals surface area contributed by atoms with Crippen LogP contribution in [0.25, 0.3) is 0 Å². The molecule has 2 aliphatic rings. The average molecular weight is 430 g/mol. The van der Waals surface area contributed by atoms with Gasteiger partial charge in [-0.3, -0.25) is 19.7 Å². The molecule has 9 nitrogen and oxygen atoms in total. The Bertz CT molecular complexity index is 885. The molecule has 1 fully saturated rings. The zero-order valence-corrected chi connectivity index (χ0v) is 18.4. The number of rotatable bonds is 10. The van der Waals surface area contributed by atoms with Crippen molar-refractivity contribution in [3.8, 4) is 5.75 Å². The quantitative estimate of drug-likeness (QED) is 0.549. The number of primary amides is 1. The number of amides is 3. The van der Waals surface area contributed by atoms with Gasteiger partial charge < -0.3 is 20.3 Å². The highest BCUT2D eigenvalue weighted by molar-refractivity contribution is 6.07. The first-order valence-corrected chi connectivity index (χ1v) is 10.8. The van der Waals surface area contributed by atoms with Gasteiger partial charge in [0, 0.05) is 25.6 Å². The van der Waals surface area contributed by atoms with Crippen molar-refractivity contribution >= 4 is 29.4 Å². The van der Waals surface area contributed by atoms with E-state index in [1.54, 1.807) is 7.05 Å². The number of ether oxygens (including phenoxy) is 1. The Labute approximate surface area is 182 Å². The highest BCUT2D eigenvalue weighted by atomic mass is 16.5. The number of benzene rings is 1. The van der Waals surface area contributed by atoms with Crippen LogP contribution < -0.4 is 15.8 Å². The van der Waals surface area contributed by atoms with Crippen LogP contribution in [0.5, 0.6) is 5.75 Å². The van der Waals surface area contributed by atoms with Crippen LogP contribution >= 0.6 is 0 Å². The Morgan fingerprint density at radius 1 is 1.39 bits per heavy atom. The molecule has 1 aromatic carbocycles. The van der Waals surface area contributed by atoms with E-state index < -0.39 is 11.9 Å². The molecule has 9 heteroatoms. The summed E-state index contributed by atoms with van der Waals surface area (Å²) in [7, 11) is 1.63. The molecule has 0 bridgehead atoms. The van der Waals surface area contributed by atoms with E-state index in [2.05, 4.69) is 10.3 Å². The number of guanidine groups is 1. The first-order chi connectivity index (χ1) is 14.8. The fourth-order valence-corrected chi connectivity index (χ4v) is 3.79. The standard InChI is InChI=1S/C22H31N5O4/c1-4-5-7-18(20(23)29)26(3)19(28)8-6-11-31-16-9-10-17-15(12-16)13-27-14(2)21(30)25-22(27)24-17/h9-10,12,14,18H,4-8,11,13H2,1-3H3,(H2,23,29)(H,24,25,30). The molecule has 0 spiro atoms. The molecule has 168 valence electrons. The lowest BCUT2D eigenvalue weighted by atomic mass is 10.1. The van der Waals surface area contributed by atoms with Crippen molar-refractivity contribution in [1.29, 1.82) is 0 Å². The maximum Gasteiger partial charge on any atom is 0.249 e. The number of carbonyl (C=O) groups excluding carboxylic acids is 3. The normalized spacial score (nSPS) is 17.9. The van der Waals surface area contributed by atoms with Crippen molar-refractivity contribution in [2.75, 3.05) is 13.7 Å². The zero-order valence-electron chi connectivity index (χ0n) is 18.4. The minimum atomic E-state index is -0.561. The molecular formula is C22H31N5O4. The number of likely N-dealkylation sites (N-methyl/N-ethyl adjacent to an activating group) is 1. The van der Waals surface area contributed by atoms with Gasteiger partial charge in [-0.15, -0.1) is 0 Å². The largest absolute Gasteiger partial charge is 0.494 e. The van der Waals surface area contributed by atoms with Gasteiger partial charge in [0.1, 0.15) is 17.8 Å². The Kier molecular flexibility index (Phi) is 7.14. The summed E-state index contributed by atoms with van der Waals surface area (Å²) < 4.78 is 5.82. The molecular weight excluding hydrogens is 398 g/mol. The third-order valence-corrected chi connectivity index (χ3v) is 5.80. The van der Waals surface area contributed by atoms with E-state index >= 15 is 0 Å². The maximum atomic E-state index is 12.4. The maximum absolute atomic E-state index is 12.4. The van der Waals surface area contributed by atoms with Crippen molar-refractivity contribution in [3.05, 3.63) is 23.8 Å². The lowest BCUT2D eigenvalue weighted by Crippen LogP contribution is -2.45. The SMILES string of the molecule is CCCCC(C(N)=O)N(C)C(=O)CCCOc1ccc2c(c1)CN1C(=N2)NC(=O)C1C. The number of nitrogens with one attached hydrogen (secondary N) is 1. The predicted molar refractivity (Wildman–Crippen MR) is 117 cm³/mol. The van der Waals surface area contributed by atoms with Crippen LogP contribution in [-0.2, 0) is 20.9 Å². The summed E-state index contributed by atoms with van der Waals surface area (Å²) in [4.78, 5) is 43.8. The van der Waals surface area contributed by atoms with Crippen molar-refractivity contribution in [2.45, 2.75) is 64.6 Å². The summed E-state index contributed by atoms with van der Waals surface area (Å²) in [6.45, 7) is 4.84. The minimum Gasteiger partial charge on any atom is -0.494 e. The van der Waals surface area contributed by atoms with Gasteiger partial charge in [0.25, 0.3) is 0 Å².